The lowest BCUT2D eigenvalue weighted by atomic mass is 9.49. The van der Waals surface area contributed by atoms with Crippen molar-refractivity contribution < 1.29 is 26.2 Å². The average Bonchev–Trinajstić information content (AvgIpc) is 2.95. The van der Waals surface area contributed by atoms with Crippen molar-refractivity contribution in [3.63, 3.8) is 0 Å². The maximum Gasteiger partial charge on any atom is 0.174 e. The number of hydrogen-bond acceptors (Lipinski definition) is 5. The molecule has 4 aliphatic rings. The first-order valence-corrected chi connectivity index (χ1v) is 7.81. The highest BCUT2D eigenvalue weighted by Gasteiger charge is 2.72. The SMILES string of the molecule is [2H]c1c([2H])c(OC)c2c3c1C[C@@]1([2H])N(C)CC[C@@]34C(O2)C(=O)C([2H])([2H])C[C@]41O. The number of piperidine rings is 1. The van der Waals surface area contributed by atoms with Crippen LogP contribution in [0.4, 0.5) is 0 Å². The van der Waals surface area contributed by atoms with Crippen LogP contribution in [0.3, 0.4) is 0 Å². The second-order valence-corrected chi connectivity index (χ2v) is 6.81. The Morgan fingerprint density at radius 2 is 2.39 bits per heavy atom. The molecule has 2 fully saturated rings. The summed E-state index contributed by atoms with van der Waals surface area (Å²) in [4.78, 5) is 14.7. The van der Waals surface area contributed by atoms with Gasteiger partial charge in [0.25, 0.3) is 0 Å². The Balaban J connectivity index is 1.94. The molecule has 0 aromatic heterocycles. The van der Waals surface area contributed by atoms with Gasteiger partial charge in [0.15, 0.2) is 23.4 Å². The van der Waals surface area contributed by atoms with Crippen LogP contribution in [-0.4, -0.2) is 54.2 Å². The number of carbonyl (C=O) groups is 1. The lowest BCUT2D eigenvalue weighted by Gasteiger charge is -2.62. The lowest BCUT2D eigenvalue weighted by molar-refractivity contribution is -0.185. The van der Waals surface area contributed by atoms with E-state index in [-0.39, 0.29) is 36.4 Å². The van der Waals surface area contributed by atoms with E-state index in [0.29, 0.717) is 17.7 Å². The molecule has 1 N–H and O–H groups in total. The number of Topliss-reactive ketones (excluding diaryl/α,β-unsaturated/α-hetero) is 1. The van der Waals surface area contributed by atoms with Crippen molar-refractivity contribution >= 4 is 5.78 Å². The molecule has 1 saturated heterocycles. The van der Waals surface area contributed by atoms with Crippen molar-refractivity contribution in [2.75, 3.05) is 20.7 Å². The molecule has 0 amide bonds. The molecule has 23 heavy (non-hydrogen) atoms. The largest absolute Gasteiger partial charge is 0.493 e. The molecule has 2 heterocycles. The molecule has 5 heteroatoms. The third kappa shape index (κ3) is 1.32. The van der Waals surface area contributed by atoms with Gasteiger partial charge < -0.3 is 19.5 Å². The van der Waals surface area contributed by atoms with E-state index < -0.39 is 41.7 Å². The summed E-state index contributed by atoms with van der Waals surface area (Å²) >= 11 is 0. The fourth-order valence-corrected chi connectivity index (χ4v) is 4.94. The number of aliphatic hydroxyl groups is 1. The Morgan fingerprint density at radius 3 is 3.17 bits per heavy atom. The third-order valence-electron chi connectivity index (χ3n) is 6.01. The third-order valence-corrected chi connectivity index (χ3v) is 6.01. The van der Waals surface area contributed by atoms with Crippen LogP contribution < -0.4 is 9.47 Å². The van der Waals surface area contributed by atoms with E-state index in [9.17, 15) is 11.3 Å². The molecule has 1 saturated carbocycles. The highest BCUT2D eigenvalue weighted by atomic mass is 16.5. The summed E-state index contributed by atoms with van der Waals surface area (Å²) in [6, 6.07) is -1.95. The normalized spacial score (nSPS) is 49.1. The van der Waals surface area contributed by atoms with Crippen molar-refractivity contribution in [3.05, 3.63) is 23.2 Å². The van der Waals surface area contributed by atoms with Crippen LogP contribution in [0.2, 0.25) is 0 Å². The molecule has 1 aromatic carbocycles. The lowest BCUT2D eigenvalue weighted by Crippen LogP contribution is -2.76. The number of likely N-dealkylation sites (tertiary alicyclic amines) is 1. The summed E-state index contributed by atoms with van der Waals surface area (Å²) in [6.07, 6.45) is -3.95. The van der Waals surface area contributed by atoms with Gasteiger partial charge in [-0.1, -0.05) is 6.04 Å². The first-order valence-electron chi connectivity index (χ1n) is 10.3. The minimum atomic E-state index is -2.35. The van der Waals surface area contributed by atoms with E-state index in [0.717, 1.165) is 0 Å². The van der Waals surface area contributed by atoms with Crippen molar-refractivity contribution in [1.82, 2.24) is 4.90 Å². The van der Waals surface area contributed by atoms with Crippen LogP contribution in [-0.2, 0) is 16.6 Å². The summed E-state index contributed by atoms with van der Waals surface area (Å²) in [6.45, 7) is 0.416. The first kappa shape index (κ1) is 9.64. The van der Waals surface area contributed by atoms with Gasteiger partial charge in [-0.25, -0.2) is 0 Å². The van der Waals surface area contributed by atoms with Gasteiger partial charge in [0.05, 0.1) is 22.2 Å². The number of rotatable bonds is 1. The van der Waals surface area contributed by atoms with Gasteiger partial charge in [0.1, 0.15) is 0 Å². The first-order chi connectivity index (χ1) is 13.0. The number of nitrogens with zero attached hydrogens (tertiary/aromatic N) is 1. The number of ether oxygens (including phenoxy) is 2. The van der Waals surface area contributed by atoms with Gasteiger partial charge >= 0.3 is 0 Å². The number of likely N-dealkylation sites (N-methyl/N-ethyl adjacent to an activating group) is 1. The second kappa shape index (κ2) is 4.08. The monoisotopic (exact) mass is 320 g/mol. The summed E-state index contributed by atoms with van der Waals surface area (Å²) in [7, 11) is 3.04. The molecule has 0 radical (unpaired) electrons. The van der Waals surface area contributed by atoms with E-state index in [2.05, 4.69) is 0 Å². The quantitative estimate of drug-likeness (QED) is 0.838. The molecule has 5 nitrogen and oxygen atoms in total. The van der Waals surface area contributed by atoms with Gasteiger partial charge in [-0.2, -0.15) is 0 Å². The van der Waals surface area contributed by atoms with E-state index in [1.807, 2.05) is 0 Å². The van der Waals surface area contributed by atoms with Crippen LogP contribution in [0, 0.1) is 0 Å². The smallest absolute Gasteiger partial charge is 0.174 e. The highest BCUT2D eigenvalue weighted by Crippen LogP contribution is 2.64. The fraction of sp³-hybridized carbons (Fsp3) is 0.611. The molecule has 1 aromatic rings. The number of carbonyl (C=O) groups excluding carboxylic acids is 1. The van der Waals surface area contributed by atoms with Crippen molar-refractivity contribution in [3.8, 4) is 11.5 Å². The van der Waals surface area contributed by atoms with Gasteiger partial charge in [0, 0.05) is 20.7 Å². The maximum atomic E-state index is 13.0. The Bertz CT molecular complexity index is 955. The molecular formula is C18H21NO4. The predicted molar refractivity (Wildman–Crippen MR) is 83.0 cm³/mol. The summed E-state index contributed by atoms with van der Waals surface area (Å²) in [5, 5.41) is 12.0. The molecule has 2 aliphatic heterocycles. The minimum absolute atomic E-state index is 0.0136. The highest BCUT2D eigenvalue weighted by molar-refractivity contribution is 5.90. The number of methoxy groups -OCH3 is 1. The summed E-state index contributed by atoms with van der Waals surface area (Å²) < 4.78 is 53.7. The van der Waals surface area contributed by atoms with Crippen LogP contribution in [0.25, 0.3) is 0 Å². The summed E-state index contributed by atoms with van der Waals surface area (Å²) in [5.41, 5.74) is -2.36. The van der Waals surface area contributed by atoms with Gasteiger partial charge in [-0.05, 0) is 44.5 Å². The van der Waals surface area contributed by atoms with Gasteiger partial charge in [-0.3, -0.25) is 4.79 Å². The molecule has 1 spiro atoms. The molecule has 122 valence electrons. The zero-order valence-corrected chi connectivity index (χ0v) is 13.0. The second-order valence-electron chi connectivity index (χ2n) is 6.81. The van der Waals surface area contributed by atoms with Crippen molar-refractivity contribution in [2.24, 2.45) is 0 Å². The molecular weight excluding hydrogens is 294 g/mol. The van der Waals surface area contributed by atoms with E-state index in [4.69, 9.17) is 15.0 Å². The molecule has 2 bridgehead atoms. The number of ketones is 1. The number of hydrogen-bond donors (Lipinski definition) is 1. The van der Waals surface area contributed by atoms with E-state index >= 15 is 0 Å². The average molecular weight is 320 g/mol. The molecule has 5 rings (SSSR count). The molecule has 2 aliphatic carbocycles. The predicted octanol–water partition coefficient (Wildman–Crippen LogP) is 1.05. The van der Waals surface area contributed by atoms with Crippen LogP contribution in [0.1, 0.15) is 37.2 Å². The summed E-state index contributed by atoms with van der Waals surface area (Å²) in [5.74, 6) is -0.618. The topological polar surface area (TPSA) is 59.0 Å². The Labute approximate surface area is 142 Å². The fourth-order valence-electron chi connectivity index (χ4n) is 4.94. The minimum Gasteiger partial charge on any atom is -0.493 e. The van der Waals surface area contributed by atoms with Crippen LogP contribution in [0.5, 0.6) is 11.5 Å². The Hall–Kier alpha value is -1.59. The molecule has 1 unspecified atom stereocenters. The maximum absolute atomic E-state index is 13.0. The zero-order chi connectivity index (χ0) is 20.4. The van der Waals surface area contributed by atoms with Gasteiger partial charge in [0.2, 0.25) is 0 Å². The Kier molecular flexibility index (Phi) is 1.71. The Morgan fingerprint density at radius 1 is 1.57 bits per heavy atom. The zero-order valence-electron chi connectivity index (χ0n) is 18.0. The van der Waals surface area contributed by atoms with E-state index in [1.165, 1.54) is 7.11 Å². The number of benzene rings is 1. The van der Waals surface area contributed by atoms with E-state index in [1.54, 1.807) is 11.9 Å². The van der Waals surface area contributed by atoms with Crippen LogP contribution in [0.15, 0.2) is 12.1 Å². The van der Waals surface area contributed by atoms with Gasteiger partial charge in [-0.15, -0.1) is 0 Å². The van der Waals surface area contributed by atoms with Crippen LogP contribution >= 0.6 is 0 Å². The van der Waals surface area contributed by atoms with Crippen molar-refractivity contribution in [1.29, 1.82) is 0 Å². The van der Waals surface area contributed by atoms with Crippen molar-refractivity contribution in [2.45, 2.75) is 48.8 Å². The standard InChI is InChI=1S/C18H21NO4/c1-19-8-7-17-14-10-3-4-12(22-2)15(14)23-16(17)11(20)5-6-18(17,21)13(19)9-10/h3-4,13,16,21H,5-9H2,1-2H3/t13-,16?,17+,18-/m1/s1/i3D,4D,5D2,13D. The molecule has 4 atom stereocenters.